The van der Waals surface area contributed by atoms with Gasteiger partial charge in [-0.3, -0.25) is 4.79 Å². The molecule has 0 atom stereocenters. The zero-order chi connectivity index (χ0) is 19.0. The summed E-state index contributed by atoms with van der Waals surface area (Å²) in [4.78, 5) is 12.3. The highest BCUT2D eigenvalue weighted by Gasteiger charge is 2.32. The number of carbonyl (C=O) groups excluding carboxylic acids is 1. The lowest BCUT2D eigenvalue weighted by Gasteiger charge is -2.32. The Kier molecular flexibility index (Phi) is 8.84. The van der Waals surface area contributed by atoms with Crippen molar-refractivity contribution in [3.05, 3.63) is 0 Å². The van der Waals surface area contributed by atoms with E-state index >= 15 is 0 Å². The molecule has 2 aliphatic carbocycles. The number of unbranched alkanes of at least 4 members (excludes halogenated alkanes) is 3. The first-order chi connectivity index (χ1) is 12.4. The van der Waals surface area contributed by atoms with Crippen LogP contribution in [-0.2, 0) is 24.4 Å². The highest BCUT2D eigenvalue weighted by molar-refractivity contribution is 7.86. The largest absolute Gasteiger partial charge is 0.748 e. The molecule has 0 bridgehead atoms. The first-order valence-electron chi connectivity index (χ1n) is 10.2. The molecule has 0 N–H and O–H groups in total. The zero-order valence-electron chi connectivity index (χ0n) is 15.9. The minimum absolute atomic E-state index is 0.0732. The Labute approximate surface area is 157 Å². The lowest BCUT2D eigenvalue weighted by Crippen LogP contribution is -2.34. The van der Waals surface area contributed by atoms with Gasteiger partial charge in [-0.15, -0.1) is 0 Å². The van der Waals surface area contributed by atoms with Crippen LogP contribution in [0.15, 0.2) is 0 Å². The smallest absolute Gasteiger partial charge is 0.309 e. The van der Waals surface area contributed by atoms with E-state index in [0.717, 1.165) is 38.7 Å². The summed E-state index contributed by atoms with van der Waals surface area (Å²) in [7, 11) is -4.22. The van der Waals surface area contributed by atoms with Crippen molar-refractivity contribution in [2.75, 3.05) is 6.61 Å². The van der Waals surface area contributed by atoms with Crippen LogP contribution in [0.25, 0.3) is 0 Å². The zero-order valence-corrected chi connectivity index (χ0v) is 16.7. The molecule has 0 spiro atoms. The second kappa shape index (κ2) is 10.6. The third-order valence-corrected chi connectivity index (χ3v) is 6.96. The van der Waals surface area contributed by atoms with E-state index in [1.807, 2.05) is 0 Å². The summed E-state index contributed by atoms with van der Waals surface area (Å²) in [5.74, 6) is -0.240. The van der Waals surface area contributed by atoms with Crippen molar-refractivity contribution in [2.24, 2.45) is 5.92 Å². The Morgan fingerprint density at radius 3 is 2.12 bits per heavy atom. The Balaban J connectivity index is 1.61. The molecule has 6 nitrogen and oxygen atoms in total. The summed E-state index contributed by atoms with van der Waals surface area (Å²) in [6, 6.07) is 0. The summed E-state index contributed by atoms with van der Waals surface area (Å²) in [6.07, 6.45) is 9.73. The minimum atomic E-state index is -4.22. The monoisotopic (exact) mass is 389 g/mol. The predicted octanol–water partition coefficient (Wildman–Crippen LogP) is 3.54. The molecule has 26 heavy (non-hydrogen) atoms. The van der Waals surface area contributed by atoms with Crippen LogP contribution < -0.4 is 0 Å². The van der Waals surface area contributed by atoms with Gasteiger partial charge in [0.1, 0.15) is 6.10 Å². The molecule has 0 radical (unpaired) electrons. The van der Waals surface area contributed by atoms with Crippen LogP contribution in [0.2, 0.25) is 0 Å². The molecule has 0 unspecified atom stereocenters. The van der Waals surface area contributed by atoms with Gasteiger partial charge in [0.2, 0.25) is 0 Å². The van der Waals surface area contributed by atoms with E-state index < -0.39 is 15.4 Å². The highest BCUT2D eigenvalue weighted by atomic mass is 32.2. The van der Waals surface area contributed by atoms with Crippen molar-refractivity contribution in [3.8, 4) is 0 Å². The van der Waals surface area contributed by atoms with E-state index in [9.17, 15) is 17.8 Å². The van der Waals surface area contributed by atoms with E-state index in [4.69, 9.17) is 9.47 Å². The molecule has 2 aliphatic rings. The van der Waals surface area contributed by atoms with Crippen LogP contribution in [0.1, 0.15) is 84.0 Å². The quantitative estimate of drug-likeness (QED) is 0.340. The third kappa shape index (κ3) is 7.16. The number of ether oxygens (including phenoxy) is 2. The summed E-state index contributed by atoms with van der Waals surface area (Å²) in [5.41, 5.74) is 0. The molecular weight excluding hydrogens is 356 g/mol. The van der Waals surface area contributed by atoms with Gasteiger partial charge in [-0.05, 0) is 57.8 Å². The molecule has 152 valence electrons. The number of hydrogen-bond donors (Lipinski definition) is 0. The Morgan fingerprint density at radius 1 is 0.923 bits per heavy atom. The lowest BCUT2D eigenvalue weighted by molar-refractivity contribution is -0.157. The average molecular weight is 390 g/mol. The molecule has 0 aliphatic heterocycles. The second-order valence-corrected chi connectivity index (χ2v) is 9.39. The van der Waals surface area contributed by atoms with Crippen LogP contribution in [0.3, 0.4) is 0 Å². The summed E-state index contributed by atoms with van der Waals surface area (Å²) < 4.78 is 44.6. The SMILES string of the molecule is CCCCCCOC1CCC(C(=O)OC2CCC(S(=O)(=O)[O-])CC2)CC1. The molecule has 0 heterocycles. The van der Waals surface area contributed by atoms with Gasteiger partial charge >= 0.3 is 5.97 Å². The topological polar surface area (TPSA) is 92.7 Å². The van der Waals surface area contributed by atoms with Gasteiger partial charge in [0, 0.05) is 11.9 Å². The van der Waals surface area contributed by atoms with E-state index in [-0.39, 0.29) is 24.1 Å². The maximum Gasteiger partial charge on any atom is 0.309 e. The van der Waals surface area contributed by atoms with E-state index in [0.29, 0.717) is 25.7 Å². The molecule has 2 saturated carbocycles. The minimum Gasteiger partial charge on any atom is -0.748 e. The van der Waals surface area contributed by atoms with E-state index in [2.05, 4.69) is 6.92 Å². The molecule has 0 aromatic carbocycles. The molecule has 0 aromatic heterocycles. The maximum atomic E-state index is 12.3. The van der Waals surface area contributed by atoms with Crippen molar-refractivity contribution in [2.45, 2.75) is 101 Å². The van der Waals surface area contributed by atoms with E-state index in [1.165, 1.54) is 19.3 Å². The Bertz CT molecular complexity index is 516. The Morgan fingerprint density at radius 2 is 1.54 bits per heavy atom. The molecule has 0 amide bonds. The first kappa shape index (κ1) is 21.6. The fraction of sp³-hybridized carbons (Fsp3) is 0.947. The molecule has 0 aromatic rings. The lowest BCUT2D eigenvalue weighted by atomic mass is 9.87. The second-order valence-electron chi connectivity index (χ2n) is 7.73. The first-order valence-corrected chi connectivity index (χ1v) is 11.6. The fourth-order valence-electron chi connectivity index (χ4n) is 3.94. The van der Waals surface area contributed by atoms with Crippen LogP contribution in [0.4, 0.5) is 0 Å². The van der Waals surface area contributed by atoms with Crippen LogP contribution in [0.5, 0.6) is 0 Å². The van der Waals surface area contributed by atoms with Gasteiger partial charge in [0.15, 0.2) is 0 Å². The number of esters is 1. The van der Waals surface area contributed by atoms with Gasteiger partial charge in [-0.2, -0.15) is 0 Å². The molecule has 7 heteroatoms. The molecule has 0 saturated heterocycles. The highest BCUT2D eigenvalue weighted by Crippen LogP contribution is 2.30. The van der Waals surface area contributed by atoms with E-state index in [1.54, 1.807) is 0 Å². The number of rotatable bonds is 9. The standard InChI is InChI=1S/C19H34O6S/c1-2-3-4-5-14-24-16-8-6-15(7-9-16)19(20)25-17-10-12-18(13-11-17)26(21,22)23/h15-18H,2-14H2,1H3,(H,21,22,23)/p-1. The van der Waals surface area contributed by atoms with Crippen molar-refractivity contribution < 1.29 is 27.2 Å². The Hall–Kier alpha value is -0.660. The molecule has 2 fully saturated rings. The maximum absolute atomic E-state index is 12.3. The van der Waals surface area contributed by atoms with Crippen molar-refractivity contribution in [1.82, 2.24) is 0 Å². The number of hydrogen-bond acceptors (Lipinski definition) is 6. The summed E-state index contributed by atoms with van der Waals surface area (Å²) in [6.45, 7) is 3.00. The molecular formula is C19H33O6S-. The third-order valence-electron chi connectivity index (χ3n) is 5.67. The number of carbonyl (C=O) groups is 1. The average Bonchev–Trinajstić information content (AvgIpc) is 2.62. The van der Waals surface area contributed by atoms with Crippen LogP contribution in [0, 0.1) is 5.92 Å². The predicted molar refractivity (Wildman–Crippen MR) is 97.7 cm³/mol. The van der Waals surface area contributed by atoms with Crippen LogP contribution in [-0.4, -0.2) is 43.0 Å². The normalized spacial score (nSPS) is 30.1. The van der Waals surface area contributed by atoms with Gasteiger partial charge in [-0.1, -0.05) is 26.2 Å². The van der Waals surface area contributed by atoms with Crippen LogP contribution >= 0.6 is 0 Å². The van der Waals surface area contributed by atoms with Gasteiger partial charge in [-0.25, -0.2) is 8.42 Å². The molecule has 2 rings (SSSR count). The summed E-state index contributed by atoms with van der Waals surface area (Å²) in [5, 5.41) is -0.817. The van der Waals surface area contributed by atoms with Gasteiger partial charge < -0.3 is 14.0 Å². The summed E-state index contributed by atoms with van der Waals surface area (Å²) >= 11 is 0. The fourth-order valence-corrected chi connectivity index (χ4v) is 4.79. The van der Waals surface area contributed by atoms with Gasteiger partial charge in [0.05, 0.1) is 22.1 Å². The van der Waals surface area contributed by atoms with Gasteiger partial charge in [0.25, 0.3) is 0 Å². The van der Waals surface area contributed by atoms with Crippen molar-refractivity contribution >= 4 is 16.1 Å². The van der Waals surface area contributed by atoms with Crippen molar-refractivity contribution in [1.29, 1.82) is 0 Å². The van der Waals surface area contributed by atoms with Crippen molar-refractivity contribution in [3.63, 3.8) is 0 Å².